The van der Waals surface area contributed by atoms with Gasteiger partial charge in [-0.05, 0) is 73.4 Å². The minimum atomic E-state index is -0.582. The zero-order chi connectivity index (χ0) is 24.3. The molecule has 0 aliphatic heterocycles. The second-order valence-electron chi connectivity index (χ2n) is 8.65. The zero-order valence-corrected chi connectivity index (χ0v) is 21.5. The predicted octanol–water partition coefficient (Wildman–Crippen LogP) is 7.68. The number of aliphatic hydroxyl groups is 1. The van der Waals surface area contributed by atoms with Crippen LogP contribution in [0.2, 0.25) is 0 Å². The third-order valence-electron chi connectivity index (χ3n) is 6.64. The van der Waals surface area contributed by atoms with E-state index >= 15 is 0 Å². The van der Waals surface area contributed by atoms with Crippen molar-refractivity contribution in [2.24, 2.45) is 5.92 Å². The molecule has 0 saturated carbocycles. The SMILES string of the molecule is CC.CCCCC(C)C(O)C#Cc1ccc(C(CC)(CC)c2ccc(O)c(C)c2)cc1C. The van der Waals surface area contributed by atoms with Gasteiger partial charge in [0.25, 0.3) is 0 Å². The normalized spacial score (nSPS) is 12.8. The average molecular weight is 437 g/mol. The smallest absolute Gasteiger partial charge is 0.118 e. The molecule has 2 heteroatoms. The van der Waals surface area contributed by atoms with Crippen LogP contribution >= 0.6 is 0 Å². The summed E-state index contributed by atoms with van der Waals surface area (Å²) in [5.74, 6) is 6.80. The molecule has 0 spiro atoms. The molecule has 0 fully saturated rings. The van der Waals surface area contributed by atoms with Gasteiger partial charge < -0.3 is 10.2 Å². The van der Waals surface area contributed by atoms with Crippen LogP contribution in [0.25, 0.3) is 0 Å². The minimum absolute atomic E-state index is 0.0939. The van der Waals surface area contributed by atoms with Gasteiger partial charge in [-0.2, -0.15) is 0 Å². The molecule has 2 N–H and O–H groups in total. The van der Waals surface area contributed by atoms with Crippen molar-refractivity contribution in [3.63, 3.8) is 0 Å². The number of phenols is 1. The number of rotatable bonds is 8. The second-order valence-corrected chi connectivity index (χ2v) is 8.65. The molecule has 2 rings (SSSR count). The van der Waals surface area contributed by atoms with E-state index in [1.807, 2.05) is 26.8 Å². The first-order chi connectivity index (χ1) is 15.3. The summed E-state index contributed by atoms with van der Waals surface area (Å²) >= 11 is 0. The van der Waals surface area contributed by atoms with Gasteiger partial charge in [0.15, 0.2) is 0 Å². The number of aryl methyl sites for hydroxylation is 2. The van der Waals surface area contributed by atoms with E-state index in [4.69, 9.17) is 0 Å². The fourth-order valence-corrected chi connectivity index (χ4v) is 4.27. The first kappa shape index (κ1) is 27.8. The minimum Gasteiger partial charge on any atom is -0.508 e. The molecule has 2 unspecified atom stereocenters. The molecule has 32 heavy (non-hydrogen) atoms. The lowest BCUT2D eigenvalue weighted by Gasteiger charge is -2.34. The third kappa shape index (κ3) is 6.63. The van der Waals surface area contributed by atoms with Gasteiger partial charge in [0, 0.05) is 11.0 Å². The lowest BCUT2D eigenvalue weighted by Crippen LogP contribution is -2.26. The lowest BCUT2D eigenvalue weighted by molar-refractivity contribution is 0.164. The van der Waals surface area contributed by atoms with Crippen molar-refractivity contribution in [2.75, 3.05) is 0 Å². The Morgan fingerprint density at radius 1 is 0.906 bits per heavy atom. The second kappa shape index (κ2) is 13.3. The maximum Gasteiger partial charge on any atom is 0.118 e. The molecule has 2 aromatic carbocycles. The van der Waals surface area contributed by atoms with Crippen LogP contribution in [0.5, 0.6) is 5.75 Å². The molecule has 176 valence electrons. The number of phenolic OH excluding ortho intramolecular Hbond substituents is 1. The largest absolute Gasteiger partial charge is 0.508 e. The summed E-state index contributed by atoms with van der Waals surface area (Å²) in [6, 6.07) is 12.5. The number of aromatic hydroxyl groups is 1. The Hall–Kier alpha value is -2.24. The van der Waals surface area contributed by atoms with Gasteiger partial charge in [0.2, 0.25) is 0 Å². The standard InChI is InChI=1S/C28H38O2.C2H6/c1-7-10-11-20(4)26(29)16-13-23-12-14-24(18-21(23)5)28(8-2,9-3)25-15-17-27(30)22(6)19-25;1-2/h12,14-15,17-20,26,29-30H,7-11H2,1-6H3;1-2H3. The van der Waals surface area contributed by atoms with Crippen LogP contribution < -0.4 is 0 Å². The van der Waals surface area contributed by atoms with Crippen molar-refractivity contribution in [2.45, 2.75) is 99.0 Å². The topological polar surface area (TPSA) is 40.5 Å². The van der Waals surface area contributed by atoms with Gasteiger partial charge in [-0.3, -0.25) is 0 Å². The fraction of sp³-hybridized carbons (Fsp3) is 0.533. The molecule has 0 aromatic heterocycles. The van der Waals surface area contributed by atoms with Crippen molar-refractivity contribution < 1.29 is 10.2 Å². The van der Waals surface area contributed by atoms with E-state index in [9.17, 15) is 10.2 Å². The number of unbranched alkanes of at least 4 members (excludes halogenated alkanes) is 1. The van der Waals surface area contributed by atoms with Gasteiger partial charge in [-0.1, -0.05) is 90.5 Å². The summed E-state index contributed by atoms with van der Waals surface area (Å²) in [5, 5.41) is 20.3. The average Bonchev–Trinajstić information content (AvgIpc) is 2.81. The molecule has 0 aliphatic carbocycles. The van der Waals surface area contributed by atoms with E-state index in [0.29, 0.717) is 5.75 Å². The van der Waals surface area contributed by atoms with E-state index in [1.54, 1.807) is 6.07 Å². The van der Waals surface area contributed by atoms with Crippen molar-refractivity contribution in [3.05, 3.63) is 64.2 Å². The van der Waals surface area contributed by atoms with Crippen molar-refractivity contribution in [3.8, 4) is 17.6 Å². The predicted molar refractivity (Wildman–Crippen MR) is 138 cm³/mol. The van der Waals surface area contributed by atoms with Gasteiger partial charge in [0.1, 0.15) is 11.9 Å². The van der Waals surface area contributed by atoms with Gasteiger partial charge in [-0.15, -0.1) is 0 Å². The molecule has 0 amide bonds. The maximum atomic E-state index is 10.4. The molecule has 2 atom stereocenters. The zero-order valence-electron chi connectivity index (χ0n) is 21.5. The Balaban J connectivity index is 0.00000249. The highest BCUT2D eigenvalue weighted by Crippen LogP contribution is 2.40. The van der Waals surface area contributed by atoms with Crippen molar-refractivity contribution >= 4 is 0 Å². The Morgan fingerprint density at radius 2 is 1.47 bits per heavy atom. The van der Waals surface area contributed by atoms with E-state index in [0.717, 1.165) is 48.8 Å². The van der Waals surface area contributed by atoms with Gasteiger partial charge in [-0.25, -0.2) is 0 Å². The van der Waals surface area contributed by atoms with Gasteiger partial charge >= 0.3 is 0 Å². The van der Waals surface area contributed by atoms with Crippen LogP contribution in [0.1, 0.15) is 101 Å². The summed E-state index contributed by atoms with van der Waals surface area (Å²) in [6.07, 6.45) is 4.65. The van der Waals surface area contributed by atoms with E-state index < -0.39 is 6.10 Å². The van der Waals surface area contributed by atoms with E-state index in [2.05, 4.69) is 70.7 Å². The molecule has 2 nitrogen and oxygen atoms in total. The molecule has 0 radical (unpaired) electrons. The molecule has 0 saturated heterocycles. The molecule has 0 bridgehead atoms. The Labute approximate surface area is 197 Å². The van der Waals surface area contributed by atoms with E-state index in [1.165, 1.54) is 11.1 Å². The summed E-state index contributed by atoms with van der Waals surface area (Å²) in [6.45, 7) is 16.7. The first-order valence-corrected chi connectivity index (χ1v) is 12.4. The van der Waals surface area contributed by atoms with Crippen LogP contribution in [0.3, 0.4) is 0 Å². The molecule has 2 aromatic rings. The fourth-order valence-electron chi connectivity index (χ4n) is 4.27. The molecular formula is C30H44O2. The van der Waals surface area contributed by atoms with Gasteiger partial charge in [0.05, 0.1) is 0 Å². The molecular weight excluding hydrogens is 392 g/mol. The van der Waals surface area contributed by atoms with Crippen LogP contribution in [-0.4, -0.2) is 16.3 Å². The number of hydrogen-bond donors (Lipinski definition) is 2. The highest BCUT2D eigenvalue weighted by atomic mass is 16.3. The highest BCUT2D eigenvalue weighted by molar-refractivity contribution is 5.49. The monoisotopic (exact) mass is 436 g/mol. The maximum absolute atomic E-state index is 10.4. The number of benzene rings is 2. The summed E-state index contributed by atoms with van der Waals surface area (Å²) in [7, 11) is 0. The Kier molecular flexibility index (Phi) is 11.6. The quantitative estimate of drug-likeness (QED) is 0.417. The van der Waals surface area contributed by atoms with Crippen LogP contribution in [0.4, 0.5) is 0 Å². The van der Waals surface area contributed by atoms with Crippen LogP contribution in [-0.2, 0) is 5.41 Å². The third-order valence-corrected chi connectivity index (χ3v) is 6.64. The summed E-state index contributed by atoms with van der Waals surface area (Å²) in [4.78, 5) is 0. The van der Waals surface area contributed by atoms with E-state index in [-0.39, 0.29) is 11.3 Å². The molecule has 0 heterocycles. The summed E-state index contributed by atoms with van der Waals surface area (Å²) < 4.78 is 0. The first-order valence-electron chi connectivity index (χ1n) is 12.4. The number of hydrogen-bond acceptors (Lipinski definition) is 2. The number of aliphatic hydroxyl groups excluding tert-OH is 1. The Morgan fingerprint density at radius 3 is 1.97 bits per heavy atom. The highest BCUT2D eigenvalue weighted by Gasteiger charge is 2.31. The lowest BCUT2D eigenvalue weighted by atomic mass is 9.70. The van der Waals surface area contributed by atoms with Crippen LogP contribution in [0.15, 0.2) is 36.4 Å². The van der Waals surface area contributed by atoms with Crippen molar-refractivity contribution in [1.29, 1.82) is 0 Å². The Bertz CT molecular complexity index is 897. The van der Waals surface area contributed by atoms with Crippen molar-refractivity contribution in [1.82, 2.24) is 0 Å². The molecule has 0 aliphatic rings. The van der Waals surface area contributed by atoms with Crippen LogP contribution in [0, 0.1) is 31.6 Å². The summed E-state index contributed by atoms with van der Waals surface area (Å²) in [5.41, 5.74) is 5.44.